The quantitative estimate of drug-likeness (QED) is 0.786. The minimum Gasteiger partial charge on any atom is -0.374 e. The molecule has 0 unspecified atom stereocenters. The summed E-state index contributed by atoms with van der Waals surface area (Å²) in [4.78, 5) is 9.66. The first-order valence-electron chi connectivity index (χ1n) is 4.82. The predicted octanol–water partition coefficient (Wildman–Crippen LogP) is 3.57. The van der Waals surface area contributed by atoms with Gasteiger partial charge in [-0.1, -0.05) is 17.7 Å². The molecule has 2 aromatic heterocycles. The molecule has 0 fully saturated rings. The lowest BCUT2D eigenvalue weighted by molar-refractivity contribution is 0.112. The van der Waals surface area contributed by atoms with Crippen molar-refractivity contribution in [2.45, 2.75) is 13.0 Å². The summed E-state index contributed by atoms with van der Waals surface area (Å²) in [6, 6.07) is 5.75. The Morgan fingerprint density at radius 2 is 2.25 bits per heavy atom. The van der Waals surface area contributed by atoms with Crippen LogP contribution in [0.15, 0.2) is 23.6 Å². The molecule has 0 amide bonds. The van der Waals surface area contributed by atoms with E-state index in [0.717, 1.165) is 10.6 Å². The average molecular weight is 255 g/mol. The van der Waals surface area contributed by atoms with Crippen LogP contribution in [0, 0.1) is 0 Å². The molecule has 2 aromatic rings. The Kier molecular flexibility index (Phi) is 3.53. The Morgan fingerprint density at radius 1 is 1.44 bits per heavy atom. The van der Waals surface area contributed by atoms with E-state index >= 15 is 0 Å². The summed E-state index contributed by atoms with van der Waals surface area (Å²) in [6.45, 7) is 1.89. The fraction of sp³-hybridized carbons (Fsp3) is 0.273. The van der Waals surface area contributed by atoms with Crippen molar-refractivity contribution in [2.75, 3.05) is 7.11 Å². The molecule has 3 nitrogen and oxygen atoms in total. The van der Waals surface area contributed by atoms with Gasteiger partial charge in [-0.3, -0.25) is 0 Å². The average Bonchev–Trinajstić information content (AvgIpc) is 2.80. The number of hydrogen-bond acceptors (Lipinski definition) is 4. The van der Waals surface area contributed by atoms with Crippen LogP contribution in [0.4, 0.5) is 0 Å². The Hall–Kier alpha value is -0.970. The van der Waals surface area contributed by atoms with Crippen molar-refractivity contribution < 1.29 is 4.74 Å². The van der Waals surface area contributed by atoms with Gasteiger partial charge in [-0.15, -0.1) is 11.3 Å². The Balaban J connectivity index is 2.44. The first-order valence-corrected chi connectivity index (χ1v) is 6.07. The van der Waals surface area contributed by atoms with Crippen molar-refractivity contribution in [3.8, 4) is 10.6 Å². The summed E-state index contributed by atoms with van der Waals surface area (Å²) < 4.78 is 5.18. The van der Waals surface area contributed by atoms with Gasteiger partial charge in [-0.05, 0) is 18.4 Å². The lowest BCUT2D eigenvalue weighted by Gasteiger charge is -2.09. The number of aromatic nitrogens is 2. The zero-order chi connectivity index (χ0) is 11.5. The van der Waals surface area contributed by atoms with E-state index in [1.165, 1.54) is 0 Å². The van der Waals surface area contributed by atoms with Crippen molar-refractivity contribution in [2.24, 2.45) is 0 Å². The minimum absolute atomic E-state index is 0.155. The molecule has 0 saturated heterocycles. The molecule has 84 valence electrons. The highest BCUT2D eigenvalue weighted by Gasteiger charge is 2.11. The van der Waals surface area contributed by atoms with Gasteiger partial charge in [0.15, 0.2) is 5.82 Å². The zero-order valence-corrected chi connectivity index (χ0v) is 10.5. The molecule has 0 radical (unpaired) electrons. The van der Waals surface area contributed by atoms with E-state index in [1.54, 1.807) is 24.5 Å². The van der Waals surface area contributed by atoms with Gasteiger partial charge in [0.2, 0.25) is 0 Å². The topological polar surface area (TPSA) is 35.0 Å². The second-order valence-electron chi connectivity index (χ2n) is 3.29. The number of halogens is 1. The van der Waals surface area contributed by atoms with Crippen molar-refractivity contribution in [3.63, 3.8) is 0 Å². The van der Waals surface area contributed by atoms with Gasteiger partial charge in [-0.2, -0.15) is 0 Å². The fourth-order valence-electron chi connectivity index (χ4n) is 1.27. The Morgan fingerprint density at radius 3 is 2.88 bits per heavy atom. The SMILES string of the molecule is CO[C@H](C)c1nc(Cl)cc(-c2cccs2)n1. The molecular weight excluding hydrogens is 244 g/mol. The first-order chi connectivity index (χ1) is 7.70. The standard InChI is InChI=1S/C11H11ClN2OS/c1-7(15-2)11-13-8(6-10(12)14-11)9-4-3-5-16-9/h3-7H,1-2H3/t7-/m1/s1. The largest absolute Gasteiger partial charge is 0.374 e. The van der Waals surface area contributed by atoms with Crippen LogP contribution in [0.1, 0.15) is 18.9 Å². The van der Waals surface area contributed by atoms with Crippen LogP contribution in [-0.4, -0.2) is 17.1 Å². The van der Waals surface area contributed by atoms with Crippen LogP contribution < -0.4 is 0 Å². The maximum Gasteiger partial charge on any atom is 0.159 e. The van der Waals surface area contributed by atoms with E-state index in [0.29, 0.717) is 11.0 Å². The maximum atomic E-state index is 5.97. The second-order valence-corrected chi connectivity index (χ2v) is 4.62. The summed E-state index contributed by atoms with van der Waals surface area (Å²) in [5.74, 6) is 0.610. The molecule has 0 N–H and O–H groups in total. The van der Waals surface area contributed by atoms with Gasteiger partial charge in [0.1, 0.15) is 11.3 Å². The zero-order valence-electron chi connectivity index (χ0n) is 8.98. The number of ether oxygens (including phenoxy) is 1. The molecule has 16 heavy (non-hydrogen) atoms. The van der Waals surface area contributed by atoms with Gasteiger partial charge in [0.05, 0.1) is 10.6 Å². The summed E-state index contributed by atoms with van der Waals surface area (Å²) in [6.07, 6.45) is -0.155. The molecule has 2 rings (SSSR count). The molecular formula is C11H11ClN2OS. The molecule has 0 bridgehead atoms. The third kappa shape index (κ3) is 2.40. The molecule has 1 atom stereocenters. The summed E-state index contributed by atoms with van der Waals surface area (Å²) in [5.41, 5.74) is 0.842. The molecule has 0 aliphatic rings. The molecule has 0 saturated carbocycles. The molecule has 5 heteroatoms. The predicted molar refractivity (Wildman–Crippen MR) is 65.8 cm³/mol. The molecule has 0 aromatic carbocycles. The van der Waals surface area contributed by atoms with Crippen LogP contribution in [-0.2, 0) is 4.74 Å². The van der Waals surface area contributed by atoms with Crippen molar-refractivity contribution in [3.05, 3.63) is 34.6 Å². The van der Waals surface area contributed by atoms with Gasteiger partial charge in [-0.25, -0.2) is 9.97 Å². The second kappa shape index (κ2) is 4.91. The number of methoxy groups -OCH3 is 1. The maximum absolute atomic E-state index is 5.97. The summed E-state index contributed by atoms with van der Waals surface area (Å²) in [5, 5.41) is 2.45. The van der Waals surface area contributed by atoms with E-state index < -0.39 is 0 Å². The van der Waals surface area contributed by atoms with E-state index in [4.69, 9.17) is 16.3 Å². The highest BCUT2D eigenvalue weighted by Crippen LogP contribution is 2.26. The molecule has 0 spiro atoms. The number of rotatable bonds is 3. The van der Waals surface area contributed by atoms with Crippen LogP contribution in [0.5, 0.6) is 0 Å². The lowest BCUT2D eigenvalue weighted by Crippen LogP contribution is -2.03. The number of nitrogens with zero attached hydrogens (tertiary/aromatic N) is 2. The van der Waals surface area contributed by atoms with E-state index in [2.05, 4.69) is 9.97 Å². The minimum atomic E-state index is -0.155. The molecule has 0 aliphatic carbocycles. The Labute approximate surface area is 103 Å². The van der Waals surface area contributed by atoms with Gasteiger partial charge < -0.3 is 4.74 Å². The van der Waals surface area contributed by atoms with Gasteiger partial charge in [0.25, 0.3) is 0 Å². The summed E-state index contributed by atoms with van der Waals surface area (Å²) >= 11 is 7.59. The van der Waals surface area contributed by atoms with Crippen molar-refractivity contribution in [1.29, 1.82) is 0 Å². The van der Waals surface area contributed by atoms with Crippen LogP contribution >= 0.6 is 22.9 Å². The molecule has 0 aliphatic heterocycles. The smallest absolute Gasteiger partial charge is 0.159 e. The van der Waals surface area contributed by atoms with E-state index in [1.807, 2.05) is 24.4 Å². The van der Waals surface area contributed by atoms with Crippen LogP contribution in [0.25, 0.3) is 10.6 Å². The highest BCUT2D eigenvalue weighted by molar-refractivity contribution is 7.13. The van der Waals surface area contributed by atoms with Gasteiger partial charge in [0, 0.05) is 13.2 Å². The van der Waals surface area contributed by atoms with E-state index in [9.17, 15) is 0 Å². The van der Waals surface area contributed by atoms with Crippen LogP contribution in [0.3, 0.4) is 0 Å². The fourth-order valence-corrected chi connectivity index (χ4v) is 2.15. The number of hydrogen-bond donors (Lipinski definition) is 0. The normalized spacial score (nSPS) is 12.7. The third-order valence-electron chi connectivity index (χ3n) is 2.20. The van der Waals surface area contributed by atoms with Crippen LogP contribution in [0.2, 0.25) is 5.15 Å². The Bertz CT molecular complexity index is 473. The number of thiophene rings is 1. The first kappa shape index (κ1) is 11.5. The monoisotopic (exact) mass is 254 g/mol. The lowest BCUT2D eigenvalue weighted by atomic mass is 10.3. The molecule has 2 heterocycles. The van der Waals surface area contributed by atoms with Crippen molar-refractivity contribution >= 4 is 22.9 Å². The van der Waals surface area contributed by atoms with E-state index in [-0.39, 0.29) is 6.10 Å². The summed E-state index contributed by atoms with van der Waals surface area (Å²) in [7, 11) is 1.62. The van der Waals surface area contributed by atoms with Gasteiger partial charge >= 0.3 is 0 Å². The highest BCUT2D eigenvalue weighted by atomic mass is 35.5. The third-order valence-corrected chi connectivity index (χ3v) is 3.29. The van der Waals surface area contributed by atoms with Crippen molar-refractivity contribution in [1.82, 2.24) is 9.97 Å².